The van der Waals surface area contributed by atoms with Gasteiger partial charge >= 0.3 is 0 Å². The Morgan fingerprint density at radius 3 is 2.40 bits per heavy atom. The van der Waals surface area contributed by atoms with E-state index in [2.05, 4.69) is 32.2 Å². The predicted octanol–water partition coefficient (Wildman–Crippen LogP) is 5.46. The molecule has 0 bridgehead atoms. The van der Waals surface area contributed by atoms with Gasteiger partial charge in [-0.15, -0.1) is 20.3 Å². The van der Waals surface area contributed by atoms with Gasteiger partial charge < -0.3 is 9.40 Å². The lowest BCUT2D eigenvalue weighted by Gasteiger charge is -2.11. The number of hydrogen-bond acceptors (Lipinski definition) is 9. The molecule has 5 aromatic rings. The third-order valence-electron chi connectivity index (χ3n) is 6.81. The van der Waals surface area contributed by atoms with Crippen molar-refractivity contribution in [3.8, 4) is 22.5 Å². The van der Waals surface area contributed by atoms with Crippen molar-refractivity contribution in [3.05, 3.63) is 116 Å². The molecular weight excluding hydrogens is 574 g/mol. The highest BCUT2D eigenvalue weighted by molar-refractivity contribution is 6.31. The smallest absolute Gasteiger partial charge is 0.297 e. The molecular formula is C30H26ClN7O5. The summed E-state index contributed by atoms with van der Waals surface area (Å²) in [5.74, 6) is 0.551. The summed E-state index contributed by atoms with van der Waals surface area (Å²) in [6.07, 6.45) is 3.42. The zero-order valence-corrected chi connectivity index (χ0v) is 23.8. The maximum Gasteiger partial charge on any atom is 0.297 e. The Morgan fingerprint density at radius 1 is 1.02 bits per heavy atom. The summed E-state index contributed by atoms with van der Waals surface area (Å²) >= 11 is 6.23. The third-order valence-corrected chi connectivity index (χ3v) is 7.09. The summed E-state index contributed by atoms with van der Waals surface area (Å²) in [6, 6.07) is 21.6. The first kappa shape index (κ1) is 29.3. The molecule has 0 amide bonds. The summed E-state index contributed by atoms with van der Waals surface area (Å²) < 4.78 is 1.86. The quantitative estimate of drug-likeness (QED) is 0.104. The van der Waals surface area contributed by atoms with E-state index in [9.17, 15) is 19.7 Å². The summed E-state index contributed by atoms with van der Waals surface area (Å²) in [5, 5.41) is 22.1. The van der Waals surface area contributed by atoms with Crippen LogP contribution in [-0.4, -0.2) is 47.0 Å². The van der Waals surface area contributed by atoms with E-state index < -0.39 is 11.0 Å². The number of aromatic nitrogens is 6. The molecule has 0 fully saturated rings. The van der Waals surface area contributed by atoms with Crippen LogP contribution in [0.4, 0.5) is 0 Å². The van der Waals surface area contributed by atoms with E-state index >= 15 is 0 Å². The molecule has 3 aromatic carbocycles. The fourth-order valence-corrected chi connectivity index (χ4v) is 4.84. The molecule has 13 heteroatoms. The number of carbonyl (C=O) groups is 2. The molecule has 0 unspecified atom stereocenters. The van der Waals surface area contributed by atoms with Gasteiger partial charge in [-0.3, -0.25) is 9.59 Å². The summed E-state index contributed by atoms with van der Waals surface area (Å²) in [4.78, 5) is 44.7. The molecule has 0 saturated carbocycles. The van der Waals surface area contributed by atoms with Crippen molar-refractivity contribution in [2.75, 3.05) is 0 Å². The maximum atomic E-state index is 13.0. The van der Waals surface area contributed by atoms with Crippen LogP contribution in [0.2, 0.25) is 5.15 Å². The minimum Gasteiger partial charge on any atom is -0.320 e. The van der Waals surface area contributed by atoms with E-state index in [-0.39, 0.29) is 23.1 Å². The molecule has 0 saturated heterocycles. The van der Waals surface area contributed by atoms with E-state index in [4.69, 9.17) is 11.6 Å². The minimum absolute atomic E-state index is 0.213. The van der Waals surface area contributed by atoms with Crippen LogP contribution < -0.4 is 0 Å². The number of imidazole rings is 1. The van der Waals surface area contributed by atoms with Crippen molar-refractivity contribution < 1.29 is 19.5 Å². The van der Waals surface area contributed by atoms with E-state index in [1.54, 1.807) is 12.1 Å². The number of halogens is 1. The number of nitrogens with zero attached hydrogens (tertiary/aromatic N) is 7. The van der Waals surface area contributed by atoms with Crippen LogP contribution in [0.1, 0.15) is 57.6 Å². The van der Waals surface area contributed by atoms with Crippen LogP contribution in [0.25, 0.3) is 22.5 Å². The van der Waals surface area contributed by atoms with Crippen molar-refractivity contribution in [1.29, 1.82) is 0 Å². The van der Waals surface area contributed by atoms with Crippen molar-refractivity contribution in [1.82, 2.24) is 29.8 Å². The highest BCUT2D eigenvalue weighted by Crippen LogP contribution is 2.30. The van der Waals surface area contributed by atoms with Crippen LogP contribution in [0.5, 0.6) is 0 Å². The fraction of sp³-hybridized carbons (Fsp3) is 0.200. The molecule has 218 valence electrons. The number of tetrazole rings is 1. The summed E-state index contributed by atoms with van der Waals surface area (Å²) in [5.41, 5.74) is 4.60. The van der Waals surface area contributed by atoms with E-state index in [0.717, 1.165) is 52.9 Å². The topological polar surface area (TPSA) is 148 Å². The Bertz CT molecular complexity index is 1760. The lowest BCUT2D eigenvalue weighted by molar-refractivity contribution is -0.763. The van der Waals surface area contributed by atoms with Gasteiger partial charge in [0.2, 0.25) is 5.82 Å². The Morgan fingerprint density at radius 2 is 1.72 bits per heavy atom. The lowest BCUT2D eigenvalue weighted by atomic mass is 9.98. The number of aryl methyl sites for hydroxylation is 1. The van der Waals surface area contributed by atoms with Gasteiger partial charge in [0, 0.05) is 24.1 Å². The maximum absolute atomic E-state index is 13.0. The van der Waals surface area contributed by atoms with Gasteiger partial charge in [0.15, 0.2) is 11.4 Å². The molecule has 0 aliphatic rings. The number of aldehydes is 1. The first-order valence-electron chi connectivity index (χ1n) is 13.5. The highest BCUT2D eigenvalue weighted by Gasteiger charge is 2.18. The summed E-state index contributed by atoms with van der Waals surface area (Å²) in [6.45, 7) is 2.33. The predicted molar refractivity (Wildman–Crippen MR) is 157 cm³/mol. The largest absolute Gasteiger partial charge is 0.320 e. The average Bonchev–Trinajstić information content (AvgIpc) is 3.63. The number of carbonyl (C=O) groups excluding carboxylic acids is 2. The Kier molecular flexibility index (Phi) is 8.96. The van der Waals surface area contributed by atoms with Gasteiger partial charge in [-0.05, 0) is 46.0 Å². The monoisotopic (exact) mass is 599 g/mol. The molecule has 5 rings (SSSR count). The molecule has 12 nitrogen and oxygen atoms in total. The molecule has 43 heavy (non-hydrogen) atoms. The zero-order valence-electron chi connectivity index (χ0n) is 23.1. The zero-order chi connectivity index (χ0) is 30.3. The molecule has 0 aliphatic heterocycles. The average molecular weight is 600 g/mol. The third kappa shape index (κ3) is 6.65. The molecule has 2 heterocycles. The van der Waals surface area contributed by atoms with Gasteiger partial charge in [0.1, 0.15) is 18.1 Å². The first-order chi connectivity index (χ1) is 20.9. The SMILES string of the molecule is CCCCc1nc(Cl)c(C=O)n1Cc1ccc(-c2ccccc2-c2nnn(C(=O)c3ccc(CO[N+](=O)[O-])cc3)n2)cc1. The highest BCUT2D eigenvalue weighted by atomic mass is 35.5. The standard InChI is InChI=1S/C30H26ClN7O5/c1-2-3-8-27-32-28(31)26(18-39)36(27)17-20-9-13-22(14-10-20)24-6-4-5-7-25(24)29-33-35-37(34-29)30(40)23-15-11-21(12-16-23)19-43-38(41)42/h4-7,9-16,18H,2-3,8,17,19H2,1H3. The first-order valence-corrected chi connectivity index (χ1v) is 13.9. The second-order valence-electron chi connectivity index (χ2n) is 9.66. The van der Waals surface area contributed by atoms with Crippen LogP contribution in [-0.2, 0) is 24.4 Å². The molecule has 0 atom stereocenters. The van der Waals surface area contributed by atoms with Crippen molar-refractivity contribution in [2.45, 2.75) is 39.3 Å². The van der Waals surface area contributed by atoms with Crippen molar-refractivity contribution in [3.63, 3.8) is 0 Å². The van der Waals surface area contributed by atoms with Gasteiger partial charge in [0.05, 0.1) is 0 Å². The molecule has 0 N–H and O–H groups in total. The van der Waals surface area contributed by atoms with Crippen LogP contribution >= 0.6 is 11.6 Å². The fourth-order valence-electron chi connectivity index (χ4n) is 4.59. The number of benzene rings is 3. The van der Waals surface area contributed by atoms with Crippen LogP contribution in [0.3, 0.4) is 0 Å². The lowest BCUT2D eigenvalue weighted by Crippen LogP contribution is -2.15. The Balaban J connectivity index is 1.35. The van der Waals surface area contributed by atoms with E-state index in [1.807, 2.05) is 53.1 Å². The number of rotatable bonds is 12. The van der Waals surface area contributed by atoms with E-state index in [1.165, 1.54) is 12.1 Å². The molecule has 0 radical (unpaired) electrons. The normalized spacial score (nSPS) is 10.9. The van der Waals surface area contributed by atoms with Crippen LogP contribution in [0.15, 0.2) is 72.8 Å². The Labute approximate surface area is 251 Å². The molecule has 2 aromatic heterocycles. The van der Waals surface area contributed by atoms with Gasteiger partial charge in [-0.1, -0.05) is 90.4 Å². The van der Waals surface area contributed by atoms with Gasteiger partial charge in [-0.25, -0.2) is 4.98 Å². The van der Waals surface area contributed by atoms with Gasteiger partial charge in [0.25, 0.3) is 11.0 Å². The number of hydrogen-bond donors (Lipinski definition) is 0. The second-order valence-corrected chi connectivity index (χ2v) is 10.0. The Hall–Kier alpha value is -5.23. The van der Waals surface area contributed by atoms with E-state index in [0.29, 0.717) is 23.4 Å². The molecule has 0 spiro atoms. The number of unbranched alkanes of at least 4 members (excludes halogenated alkanes) is 1. The van der Waals surface area contributed by atoms with Gasteiger partial charge in [-0.2, -0.15) is 0 Å². The minimum atomic E-state index is -0.877. The second kappa shape index (κ2) is 13.2. The van der Waals surface area contributed by atoms with Crippen molar-refractivity contribution >= 4 is 23.8 Å². The van der Waals surface area contributed by atoms with Crippen LogP contribution in [0, 0.1) is 10.1 Å². The van der Waals surface area contributed by atoms with Crippen molar-refractivity contribution in [2.24, 2.45) is 0 Å². The molecule has 0 aliphatic carbocycles. The summed E-state index contributed by atoms with van der Waals surface area (Å²) in [7, 11) is 0.